The number of nitrogens with one attached hydrogen (secondary N) is 1. The first-order valence-electron chi connectivity index (χ1n) is 9.07. The molecule has 1 heterocycles. The average molecular weight is 417 g/mol. The number of nitrogens with zero attached hydrogens (tertiary/aromatic N) is 1. The summed E-state index contributed by atoms with van der Waals surface area (Å²) in [6.45, 7) is 3.93. The molecule has 0 atom stereocenters. The van der Waals surface area contributed by atoms with Gasteiger partial charge in [0.25, 0.3) is 5.91 Å². The lowest BCUT2D eigenvalue weighted by atomic mass is 10.1. The maximum Gasteiger partial charge on any atom is 0.252 e. The summed E-state index contributed by atoms with van der Waals surface area (Å²) in [6.07, 6.45) is 3.98. The molecular weight excluding hydrogens is 392 g/mol. The minimum atomic E-state index is -0.117. The molecule has 3 rings (SSSR count). The van der Waals surface area contributed by atoms with Crippen LogP contribution in [0.4, 0.5) is 0 Å². The van der Waals surface area contributed by atoms with Crippen LogP contribution in [0, 0.1) is 0 Å². The molecule has 1 N–H and O–H groups in total. The Kier molecular flexibility index (Phi) is 6.69. The van der Waals surface area contributed by atoms with Crippen LogP contribution in [0.25, 0.3) is 0 Å². The van der Waals surface area contributed by atoms with Gasteiger partial charge in [-0.2, -0.15) is 0 Å². The Labute approximate surface area is 163 Å². The van der Waals surface area contributed by atoms with E-state index in [1.54, 1.807) is 13.2 Å². The Balaban J connectivity index is 1.55. The predicted octanol–water partition coefficient (Wildman–Crippen LogP) is 4.37. The Bertz CT molecular complexity index is 740. The first-order chi connectivity index (χ1) is 12.7. The fourth-order valence-electron chi connectivity index (χ4n) is 3.22. The second-order valence-electron chi connectivity index (χ2n) is 6.68. The second-order valence-corrected chi connectivity index (χ2v) is 7.54. The zero-order chi connectivity index (χ0) is 18.4. The van der Waals surface area contributed by atoms with Gasteiger partial charge in [0.2, 0.25) is 0 Å². The highest BCUT2D eigenvalue weighted by Crippen LogP contribution is 2.22. The van der Waals surface area contributed by atoms with E-state index in [1.807, 2.05) is 12.1 Å². The number of rotatable bonds is 6. The molecule has 138 valence electrons. The van der Waals surface area contributed by atoms with E-state index in [9.17, 15) is 4.79 Å². The molecule has 26 heavy (non-hydrogen) atoms. The van der Waals surface area contributed by atoms with Gasteiger partial charge in [-0.1, -0.05) is 30.7 Å². The fraction of sp³-hybridized carbons (Fsp3) is 0.381. The number of halogens is 1. The third-order valence-electron chi connectivity index (χ3n) is 4.75. The van der Waals surface area contributed by atoms with E-state index in [0.717, 1.165) is 16.6 Å². The standard InChI is InChI=1S/C21H25BrN2O2/c1-26-18-9-10-20(22)19(13-18)21(25)23-14-16-5-7-17(8-6-16)15-24-11-3-2-4-12-24/h5-10,13H,2-4,11-12,14-15H2,1H3,(H,23,25). The van der Waals surface area contributed by atoms with Crippen LogP contribution >= 0.6 is 15.9 Å². The van der Waals surface area contributed by atoms with Crippen molar-refractivity contribution in [3.8, 4) is 5.75 Å². The van der Waals surface area contributed by atoms with Gasteiger partial charge in [-0.05, 0) is 71.2 Å². The van der Waals surface area contributed by atoms with Crippen LogP contribution < -0.4 is 10.1 Å². The van der Waals surface area contributed by atoms with Crippen LogP contribution in [0.15, 0.2) is 46.9 Å². The highest BCUT2D eigenvalue weighted by atomic mass is 79.9. The number of hydrogen-bond donors (Lipinski definition) is 1. The van der Waals surface area contributed by atoms with Gasteiger partial charge in [-0.25, -0.2) is 0 Å². The first-order valence-corrected chi connectivity index (χ1v) is 9.87. The zero-order valence-electron chi connectivity index (χ0n) is 15.1. The summed E-state index contributed by atoms with van der Waals surface area (Å²) in [5.41, 5.74) is 3.00. The van der Waals surface area contributed by atoms with Gasteiger partial charge in [0, 0.05) is 17.6 Å². The smallest absolute Gasteiger partial charge is 0.252 e. The highest BCUT2D eigenvalue weighted by Gasteiger charge is 2.12. The maximum atomic E-state index is 12.4. The van der Waals surface area contributed by atoms with Gasteiger partial charge in [-0.15, -0.1) is 0 Å². The van der Waals surface area contributed by atoms with Crippen molar-refractivity contribution in [1.82, 2.24) is 10.2 Å². The van der Waals surface area contributed by atoms with E-state index in [2.05, 4.69) is 50.4 Å². The summed E-state index contributed by atoms with van der Waals surface area (Å²) < 4.78 is 5.95. The quantitative estimate of drug-likeness (QED) is 0.759. The Morgan fingerprint density at radius 3 is 2.46 bits per heavy atom. The third-order valence-corrected chi connectivity index (χ3v) is 5.44. The number of ether oxygens (including phenoxy) is 1. The lowest BCUT2D eigenvalue weighted by Gasteiger charge is -2.26. The van der Waals surface area contributed by atoms with Gasteiger partial charge in [0.15, 0.2) is 0 Å². The van der Waals surface area contributed by atoms with E-state index < -0.39 is 0 Å². The van der Waals surface area contributed by atoms with Crippen molar-refractivity contribution < 1.29 is 9.53 Å². The Morgan fingerprint density at radius 1 is 1.08 bits per heavy atom. The number of amides is 1. The SMILES string of the molecule is COc1ccc(Br)c(C(=O)NCc2ccc(CN3CCCCC3)cc2)c1. The van der Waals surface area contributed by atoms with Gasteiger partial charge in [0.05, 0.1) is 12.7 Å². The van der Waals surface area contributed by atoms with Crippen molar-refractivity contribution in [2.45, 2.75) is 32.4 Å². The third kappa shape index (κ3) is 5.08. The van der Waals surface area contributed by atoms with Crippen LogP contribution in [-0.4, -0.2) is 31.0 Å². The number of piperidine rings is 1. The molecule has 1 amide bonds. The molecule has 5 heteroatoms. The van der Waals surface area contributed by atoms with Crippen LogP contribution in [0.2, 0.25) is 0 Å². The van der Waals surface area contributed by atoms with Crippen molar-refractivity contribution in [3.05, 3.63) is 63.6 Å². The van der Waals surface area contributed by atoms with Gasteiger partial charge < -0.3 is 10.1 Å². The van der Waals surface area contributed by atoms with E-state index in [1.165, 1.54) is 37.9 Å². The number of carbonyl (C=O) groups excluding carboxylic acids is 1. The molecule has 4 nitrogen and oxygen atoms in total. The summed E-state index contributed by atoms with van der Waals surface area (Å²) in [4.78, 5) is 14.9. The van der Waals surface area contributed by atoms with E-state index in [4.69, 9.17) is 4.74 Å². The molecule has 1 fully saturated rings. The lowest BCUT2D eigenvalue weighted by molar-refractivity contribution is 0.0950. The summed E-state index contributed by atoms with van der Waals surface area (Å²) in [5, 5.41) is 2.97. The molecule has 0 bridgehead atoms. The Morgan fingerprint density at radius 2 is 1.77 bits per heavy atom. The molecule has 0 unspecified atom stereocenters. The van der Waals surface area contributed by atoms with Gasteiger partial charge in [-0.3, -0.25) is 9.69 Å². The second kappa shape index (κ2) is 9.19. The minimum absolute atomic E-state index is 0.117. The van der Waals surface area contributed by atoms with Gasteiger partial charge >= 0.3 is 0 Å². The molecular formula is C21H25BrN2O2. The number of hydrogen-bond acceptors (Lipinski definition) is 3. The molecule has 0 aromatic heterocycles. The monoisotopic (exact) mass is 416 g/mol. The maximum absolute atomic E-state index is 12.4. The average Bonchev–Trinajstić information content (AvgIpc) is 2.68. The van der Waals surface area contributed by atoms with Crippen molar-refractivity contribution >= 4 is 21.8 Å². The fourth-order valence-corrected chi connectivity index (χ4v) is 3.65. The normalized spacial score (nSPS) is 14.8. The molecule has 0 radical (unpaired) electrons. The topological polar surface area (TPSA) is 41.6 Å². The summed E-state index contributed by atoms with van der Waals surface area (Å²) >= 11 is 3.42. The van der Waals surface area contributed by atoms with Crippen molar-refractivity contribution in [2.75, 3.05) is 20.2 Å². The van der Waals surface area contributed by atoms with Gasteiger partial charge in [0.1, 0.15) is 5.75 Å². The van der Waals surface area contributed by atoms with Crippen LogP contribution in [0.1, 0.15) is 40.7 Å². The first kappa shape index (κ1) is 18.9. The van der Waals surface area contributed by atoms with E-state index in [0.29, 0.717) is 17.9 Å². The van der Waals surface area contributed by atoms with Crippen LogP contribution in [0.3, 0.4) is 0 Å². The van der Waals surface area contributed by atoms with Crippen molar-refractivity contribution in [3.63, 3.8) is 0 Å². The number of carbonyl (C=O) groups is 1. The summed E-state index contributed by atoms with van der Waals surface area (Å²) in [5.74, 6) is 0.550. The minimum Gasteiger partial charge on any atom is -0.497 e. The summed E-state index contributed by atoms with van der Waals surface area (Å²) in [6, 6.07) is 13.9. The molecule has 2 aromatic rings. The number of likely N-dealkylation sites (tertiary alicyclic amines) is 1. The molecule has 1 aliphatic heterocycles. The molecule has 2 aromatic carbocycles. The largest absolute Gasteiger partial charge is 0.497 e. The van der Waals surface area contributed by atoms with Crippen molar-refractivity contribution in [1.29, 1.82) is 0 Å². The molecule has 0 aliphatic carbocycles. The number of benzene rings is 2. The van der Waals surface area contributed by atoms with Crippen molar-refractivity contribution in [2.24, 2.45) is 0 Å². The lowest BCUT2D eigenvalue weighted by Crippen LogP contribution is -2.29. The molecule has 0 saturated carbocycles. The van der Waals surface area contributed by atoms with Crippen LogP contribution in [-0.2, 0) is 13.1 Å². The number of methoxy groups -OCH3 is 1. The Hall–Kier alpha value is -1.85. The van der Waals surface area contributed by atoms with Crippen LogP contribution in [0.5, 0.6) is 5.75 Å². The van der Waals surface area contributed by atoms with E-state index >= 15 is 0 Å². The highest BCUT2D eigenvalue weighted by molar-refractivity contribution is 9.10. The predicted molar refractivity (Wildman–Crippen MR) is 107 cm³/mol. The summed E-state index contributed by atoms with van der Waals surface area (Å²) in [7, 11) is 1.59. The molecule has 0 spiro atoms. The van der Waals surface area contributed by atoms with E-state index in [-0.39, 0.29) is 5.91 Å². The molecule has 1 saturated heterocycles. The molecule has 1 aliphatic rings. The zero-order valence-corrected chi connectivity index (χ0v) is 16.7.